The quantitative estimate of drug-likeness (QED) is 0.805. The predicted molar refractivity (Wildman–Crippen MR) is 107 cm³/mol. The lowest BCUT2D eigenvalue weighted by Gasteiger charge is -2.36. The number of methoxy groups -OCH3 is 2. The van der Waals surface area contributed by atoms with E-state index in [0.717, 1.165) is 32.5 Å². The maximum Gasteiger partial charge on any atom is 0.324 e. The lowest BCUT2D eigenvalue weighted by molar-refractivity contribution is 0.292. The summed E-state index contributed by atoms with van der Waals surface area (Å²) in [5.74, 6) is 1.71. The fraction of sp³-hybridized carbons (Fsp3) is 0.550. The van der Waals surface area contributed by atoms with Crippen molar-refractivity contribution in [3.05, 3.63) is 35.4 Å². The van der Waals surface area contributed by atoms with Gasteiger partial charge in [-0.15, -0.1) is 4.98 Å². The van der Waals surface area contributed by atoms with Gasteiger partial charge in [-0.1, -0.05) is 29.8 Å². The van der Waals surface area contributed by atoms with Crippen LogP contribution in [0.3, 0.4) is 0 Å². The van der Waals surface area contributed by atoms with Gasteiger partial charge in [0.05, 0.1) is 14.2 Å². The zero-order valence-corrected chi connectivity index (χ0v) is 16.7. The molecule has 2 N–H and O–H groups in total. The molecule has 2 aliphatic rings. The molecule has 2 aromatic rings. The molecule has 2 saturated heterocycles. The van der Waals surface area contributed by atoms with Gasteiger partial charge in [0.2, 0.25) is 5.95 Å². The van der Waals surface area contributed by atoms with Gasteiger partial charge in [-0.25, -0.2) is 0 Å². The molecule has 1 aromatic carbocycles. The second-order valence-electron chi connectivity index (χ2n) is 7.50. The lowest BCUT2D eigenvalue weighted by Crippen LogP contribution is -2.44. The maximum atomic E-state index is 5.18. The zero-order valence-electron chi connectivity index (χ0n) is 16.7. The Labute approximate surface area is 165 Å². The fourth-order valence-electron chi connectivity index (χ4n) is 4.30. The van der Waals surface area contributed by atoms with Gasteiger partial charge in [0.25, 0.3) is 0 Å². The number of hydrogen-bond donors (Lipinski definition) is 2. The molecule has 0 aliphatic carbocycles. The summed E-state index contributed by atoms with van der Waals surface area (Å²) in [5.41, 5.74) is 9.65. The number of benzene rings is 1. The Hall–Kier alpha value is -2.45. The van der Waals surface area contributed by atoms with Crippen LogP contribution in [0.4, 0.5) is 5.95 Å². The first-order chi connectivity index (χ1) is 13.7. The normalized spacial score (nSPS) is 23.0. The molecular weight excluding hydrogens is 356 g/mol. The van der Waals surface area contributed by atoms with Crippen LogP contribution < -0.4 is 25.2 Å². The van der Waals surface area contributed by atoms with E-state index in [1.165, 1.54) is 11.1 Å². The zero-order chi connectivity index (χ0) is 19.5. The summed E-state index contributed by atoms with van der Waals surface area (Å²) >= 11 is 0. The molecular formula is C20H28N6O2. The Kier molecular flexibility index (Phi) is 5.59. The van der Waals surface area contributed by atoms with E-state index < -0.39 is 0 Å². The molecule has 8 nitrogen and oxygen atoms in total. The average molecular weight is 384 g/mol. The maximum absolute atomic E-state index is 5.18. The molecule has 2 aliphatic heterocycles. The van der Waals surface area contributed by atoms with Crippen LogP contribution in [-0.4, -0.2) is 54.8 Å². The summed E-state index contributed by atoms with van der Waals surface area (Å²) in [6.07, 6.45) is 2.16. The highest BCUT2D eigenvalue weighted by atomic mass is 16.5. The topological polar surface area (TPSA) is 84.4 Å². The van der Waals surface area contributed by atoms with E-state index in [-0.39, 0.29) is 12.0 Å². The summed E-state index contributed by atoms with van der Waals surface area (Å²) in [7, 11) is 3.10. The van der Waals surface area contributed by atoms with Gasteiger partial charge in [0.15, 0.2) is 0 Å². The standard InChI is InChI=1S/C20H28N6O2/c1-13-5-4-6-15(11-13)16-12-21-25-17(16)14-7-9-26(10-8-14)18-22-19(27-2)24-20(23-18)28-3/h4-6,11,14,16-17,21,25H,7-10,12H2,1-3H3. The van der Waals surface area contributed by atoms with E-state index in [1.54, 1.807) is 14.2 Å². The second-order valence-corrected chi connectivity index (χ2v) is 7.50. The second kappa shape index (κ2) is 8.28. The molecule has 150 valence electrons. The van der Waals surface area contributed by atoms with Crippen molar-refractivity contribution in [2.24, 2.45) is 5.92 Å². The number of anilines is 1. The van der Waals surface area contributed by atoms with Crippen LogP contribution in [0.25, 0.3) is 0 Å². The summed E-state index contributed by atoms with van der Waals surface area (Å²) in [4.78, 5) is 15.1. The third kappa shape index (κ3) is 3.88. The summed E-state index contributed by atoms with van der Waals surface area (Å²) < 4.78 is 10.4. The highest BCUT2D eigenvalue weighted by molar-refractivity contribution is 5.33. The first kappa shape index (κ1) is 18.9. The number of ether oxygens (including phenoxy) is 2. The molecule has 0 saturated carbocycles. The van der Waals surface area contributed by atoms with Gasteiger partial charge < -0.3 is 14.4 Å². The number of nitrogens with zero attached hydrogens (tertiary/aromatic N) is 4. The van der Waals surface area contributed by atoms with E-state index in [1.807, 2.05) is 0 Å². The number of aryl methyl sites for hydroxylation is 1. The van der Waals surface area contributed by atoms with Crippen molar-refractivity contribution in [3.63, 3.8) is 0 Å². The van der Waals surface area contributed by atoms with Crippen LogP contribution in [-0.2, 0) is 0 Å². The van der Waals surface area contributed by atoms with Crippen molar-refractivity contribution in [1.82, 2.24) is 25.8 Å². The summed E-state index contributed by atoms with van der Waals surface area (Å²) in [6.45, 7) is 4.93. The summed E-state index contributed by atoms with van der Waals surface area (Å²) in [6, 6.07) is 9.87. The van der Waals surface area contributed by atoms with E-state index in [0.29, 0.717) is 23.8 Å². The van der Waals surface area contributed by atoms with Crippen molar-refractivity contribution >= 4 is 5.95 Å². The van der Waals surface area contributed by atoms with Gasteiger partial charge in [0, 0.05) is 31.6 Å². The molecule has 0 bridgehead atoms. The number of hydrogen-bond acceptors (Lipinski definition) is 8. The minimum absolute atomic E-state index is 0.283. The molecule has 4 rings (SSSR count). The van der Waals surface area contributed by atoms with Gasteiger partial charge in [-0.2, -0.15) is 9.97 Å². The molecule has 2 fully saturated rings. The Morgan fingerprint density at radius 2 is 1.75 bits per heavy atom. The van der Waals surface area contributed by atoms with Gasteiger partial charge in [-0.05, 0) is 31.2 Å². The number of hydrazine groups is 1. The molecule has 28 heavy (non-hydrogen) atoms. The fourth-order valence-corrected chi connectivity index (χ4v) is 4.30. The van der Waals surface area contributed by atoms with Gasteiger partial charge in [-0.3, -0.25) is 10.9 Å². The third-order valence-electron chi connectivity index (χ3n) is 5.77. The lowest BCUT2D eigenvalue weighted by atomic mass is 9.80. The number of piperidine rings is 1. The van der Waals surface area contributed by atoms with Crippen molar-refractivity contribution in [2.45, 2.75) is 31.7 Å². The first-order valence-corrected chi connectivity index (χ1v) is 9.82. The highest BCUT2D eigenvalue weighted by Crippen LogP contribution is 2.33. The molecule has 2 unspecified atom stereocenters. The molecule has 0 radical (unpaired) electrons. The Morgan fingerprint density at radius 1 is 1.04 bits per heavy atom. The summed E-state index contributed by atoms with van der Waals surface area (Å²) in [5, 5.41) is 0. The molecule has 3 heterocycles. The molecule has 1 aromatic heterocycles. The van der Waals surface area contributed by atoms with Gasteiger partial charge in [0.1, 0.15) is 0 Å². The third-order valence-corrected chi connectivity index (χ3v) is 5.77. The van der Waals surface area contributed by atoms with Crippen LogP contribution in [0, 0.1) is 12.8 Å². The van der Waals surface area contributed by atoms with Crippen LogP contribution >= 0.6 is 0 Å². The Bertz CT molecular complexity index is 787. The van der Waals surface area contributed by atoms with Crippen LogP contribution in [0.5, 0.6) is 12.0 Å². The Balaban J connectivity index is 1.44. The minimum Gasteiger partial charge on any atom is -0.467 e. The van der Waals surface area contributed by atoms with Crippen molar-refractivity contribution in [2.75, 3.05) is 38.8 Å². The smallest absolute Gasteiger partial charge is 0.324 e. The first-order valence-electron chi connectivity index (χ1n) is 9.82. The van der Waals surface area contributed by atoms with Crippen molar-refractivity contribution < 1.29 is 9.47 Å². The van der Waals surface area contributed by atoms with Crippen LogP contribution in [0.1, 0.15) is 29.9 Å². The number of nitrogens with one attached hydrogen (secondary N) is 2. The SMILES string of the molecule is COc1nc(OC)nc(N2CCC(C3NNCC3c3cccc(C)c3)CC2)n1. The van der Waals surface area contributed by atoms with E-state index >= 15 is 0 Å². The van der Waals surface area contributed by atoms with Crippen molar-refractivity contribution in [1.29, 1.82) is 0 Å². The predicted octanol–water partition coefficient (Wildman–Crippen LogP) is 1.67. The minimum atomic E-state index is 0.283. The van der Waals surface area contributed by atoms with Crippen LogP contribution in [0.15, 0.2) is 24.3 Å². The molecule has 2 atom stereocenters. The van der Waals surface area contributed by atoms with Crippen LogP contribution in [0.2, 0.25) is 0 Å². The molecule has 8 heteroatoms. The number of rotatable bonds is 5. The van der Waals surface area contributed by atoms with Crippen molar-refractivity contribution in [3.8, 4) is 12.0 Å². The highest BCUT2D eigenvalue weighted by Gasteiger charge is 2.36. The van der Waals surface area contributed by atoms with E-state index in [9.17, 15) is 0 Å². The largest absolute Gasteiger partial charge is 0.467 e. The van der Waals surface area contributed by atoms with E-state index in [2.05, 4.69) is 61.9 Å². The number of aromatic nitrogens is 3. The average Bonchev–Trinajstić information content (AvgIpc) is 3.23. The Morgan fingerprint density at radius 3 is 2.39 bits per heavy atom. The van der Waals surface area contributed by atoms with E-state index in [4.69, 9.17) is 9.47 Å². The van der Waals surface area contributed by atoms with Gasteiger partial charge >= 0.3 is 12.0 Å². The molecule has 0 amide bonds. The monoisotopic (exact) mass is 384 g/mol. The molecule has 0 spiro atoms.